The van der Waals surface area contributed by atoms with Crippen molar-refractivity contribution >= 4 is 15.8 Å². The molecule has 1 aliphatic rings. The SMILES string of the molecule is CC1CN(C)CCN1S(=O)(=O)c1ccc(NN)nc1. The van der Waals surface area contributed by atoms with Gasteiger partial charge in [0.15, 0.2) is 0 Å². The van der Waals surface area contributed by atoms with E-state index in [1.807, 2.05) is 14.0 Å². The number of hydrogen-bond acceptors (Lipinski definition) is 6. The predicted molar refractivity (Wildman–Crippen MR) is 72.9 cm³/mol. The summed E-state index contributed by atoms with van der Waals surface area (Å²) in [6.07, 6.45) is 1.33. The number of piperazine rings is 1. The van der Waals surface area contributed by atoms with Gasteiger partial charge in [-0.3, -0.25) is 0 Å². The summed E-state index contributed by atoms with van der Waals surface area (Å²) in [7, 11) is -1.49. The van der Waals surface area contributed by atoms with Crippen LogP contribution >= 0.6 is 0 Å². The number of likely N-dealkylation sites (N-methyl/N-ethyl adjacent to an activating group) is 1. The molecule has 0 aromatic carbocycles. The highest BCUT2D eigenvalue weighted by Gasteiger charge is 2.32. The molecule has 0 bridgehead atoms. The van der Waals surface area contributed by atoms with Crippen LogP contribution in [0.25, 0.3) is 0 Å². The van der Waals surface area contributed by atoms with Gasteiger partial charge in [-0.1, -0.05) is 0 Å². The molecular formula is C11H19N5O2S. The third kappa shape index (κ3) is 2.86. The lowest BCUT2D eigenvalue weighted by Gasteiger charge is -2.37. The van der Waals surface area contributed by atoms with E-state index in [-0.39, 0.29) is 10.9 Å². The number of hydrazine groups is 1. The highest BCUT2D eigenvalue weighted by atomic mass is 32.2. The van der Waals surface area contributed by atoms with Gasteiger partial charge in [0.1, 0.15) is 10.7 Å². The molecule has 7 nitrogen and oxygen atoms in total. The molecule has 2 rings (SSSR count). The van der Waals surface area contributed by atoms with E-state index in [4.69, 9.17) is 5.84 Å². The Hall–Kier alpha value is -1.22. The van der Waals surface area contributed by atoms with Gasteiger partial charge in [-0.05, 0) is 26.1 Å². The quantitative estimate of drug-likeness (QED) is 0.585. The van der Waals surface area contributed by atoms with Crippen LogP contribution < -0.4 is 11.3 Å². The minimum atomic E-state index is -3.48. The molecule has 0 amide bonds. The van der Waals surface area contributed by atoms with Crippen LogP contribution in [0, 0.1) is 0 Å². The van der Waals surface area contributed by atoms with Gasteiger partial charge in [0.25, 0.3) is 0 Å². The lowest BCUT2D eigenvalue weighted by atomic mass is 10.2. The lowest BCUT2D eigenvalue weighted by Crippen LogP contribution is -2.52. The summed E-state index contributed by atoms with van der Waals surface area (Å²) in [6, 6.07) is 3.02. The van der Waals surface area contributed by atoms with Gasteiger partial charge < -0.3 is 10.3 Å². The van der Waals surface area contributed by atoms with Crippen molar-refractivity contribution in [2.75, 3.05) is 32.1 Å². The molecule has 1 aromatic rings. The van der Waals surface area contributed by atoms with E-state index in [9.17, 15) is 8.42 Å². The minimum absolute atomic E-state index is 0.0453. The summed E-state index contributed by atoms with van der Waals surface area (Å²) >= 11 is 0. The first-order valence-electron chi connectivity index (χ1n) is 6.08. The molecule has 3 N–H and O–H groups in total. The first kappa shape index (κ1) is 14.2. The van der Waals surface area contributed by atoms with Crippen LogP contribution in [0.3, 0.4) is 0 Å². The summed E-state index contributed by atoms with van der Waals surface area (Å²) in [6.45, 7) is 3.88. The Balaban J connectivity index is 2.26. The summed E-state index contributed by atoms with van der Waals surface area (Å²) in [4.78, 5) is 6.26. The van der Waals surface area contributed by atoms with Crippen molar-refractivity contribution in [3.05, 3.63) is 18.3 Å². The molecule has 19 heavy (non-hydrogen) atoms. The normalized spacial score (nSPS) is 22.4. The van der Waals surface area contributed by atoms with E-state index in [1.165, 1.54) is 16.6 Å². The maximum absolute atomic E-state index is 12.5. The Kier molecular flexibility index (Phi) is 4.04. The number of nitrogens with two attached hydrogens (primary N) is 1. The van der Waals surface area contributed by atoms with Crippen LogP contribution in [-0.2, 0) is 10.0 Å². The number of nitrogen functional groups attached to an aromatic ring is 1. The zero-order valence-corrected chi connectivity index (χ0v) is 11.9. The number of nitrogens with zero attached hydrogens (tertiary/aromatic N) is 3. The van der Waals surface area contributed by atoms with E-state index in [0.717, 1.165) is 13.1 Å². The number of rotatable bonds is 3. The molecule has 106 valence electrons. The Labute approximate surface area is 113 Å². The van der Waals surface area contributed by atoms with E-state index in [2.05, 4.69) is 15.3 Å². The topological polar surface area (TPSA) is 91.6 Å². The third-order valence-corrected chi connectivity index (χ3v) is 5.26. The number of aromatic nitrogens is 1. The number of hydrogen-bond donors (Lipinski definition) is 2. The molecular weight excluding hydrogens is 266 g/mol. The van der Waals surface area contributed by atoms with Crippen LogP contribution in [0.5, 0.6) is 0 Å². The first-order chi connectivity index (χ1) is 8.95. The molecule has 2 heterocycles. The average Bonchev–Trinajstić information content (AvgIpc) is 2.38. The molecule has 1 fully saturated rings. The molecule has 1 aliphatic heterocycles. The second-order valence-corrected chi connectivity index (χ2v) is 6.64. The largest absolute Gasteiger partial charge is 0.308 e. The fourth-order valence-electron chi connectivity index (χ4n) is 2.23. The van der Waals surface area contributed by atoms with E-state index in [0.29, 0.717) is 12.4 Å². The van der Waals surface area contributed by atoms with Crippen LogP contribution in [0.15, 0.2) is 23.2 Å². The number of nitrogens with one attached hydrogen (secondary N) is 1. The number of anilines is 1. The lowest BCUT2D eigenvalue weighted by molar-refractivity contribution is 0.170. The standard InChI is InChI=1S/C11H19N5O2S/c1-9-8-15(2)5-6-16(9)19(17,18)10-3-4-11(14-12)13-7-10/h3-4,7,9H,5-6,8,12H2,1-2H3,(H,13,14). The van der Waals surface area contributed by atoms with Crippen molar-refractivity contribution < 1.29 is 8.42 Å². The Morgan fingerprint density at radius 2 is 2.16 bits per heavy atom. The summed E-state index contributed by atoms with van der Waals surface area (Å²) < 4.78 is 26.6. The maximum atomic E-state index is 12.5. The van der Waals surface area contributed by atoms with Crippen LogP contribution in [0.4, 0.5) is 5.82 Å². The summed E-state index contributed by atoms with van der Waals surface area (Å²) in [5, 5.41) is 0. The zero-order valence-electron chi connectivity index (χ0n) is 11.1. The van der Waals surface area contributed by atoms with Gasteiger partial charge in [-0.25, -0.2) is 19.2 Å². The smallest absolute Gasteiger partial charge is 0.244 e. The maximum Gasteiger partial charge on any atom is 0.244 e. The fraction of sp³-hybridized carbons (Fsp3) is 0.545. The van der Waals surface area contributed by atoms with Crippen LogP contribution in [-0.4, -0.2) is 55.3 Å². The minimum Gasteiger partial charge on any atom is -0.308 e. The number of sulfonamides is 1. The zero-order chi connectivity index (χ0) is 14.0. The average molecular weight is 285 g/mol. The van der Waals surface area contributed by atoms with Gasteiger partial charge in [0.2, 0.25) is 10.0 Å². The van der Waals surface area contributed by atoms with E-state index in [1.54, 1.807) is 6.07 Å². The molecule has 0 radical (unpaired) electrons. The van der Waals surface area contributed by atoms with Crippen molar-refractivity contribution in [2.24, 2.45) is 5.84 Å². The molecule has 0 aliphatic carbocycles. The number of pyridine rings is 1. The van der Waals surface area contributed by atoms with Crippen molar-refractivity contribution in [1.29, 1.82) is 0 Å². The molecule has 0 saturated carbocycles. The van der Waals surface area contributed by atoms with Crippen molar-refractivity contribution in [1.82, 2.24) is 14.2 Å². The Morgan fingerprint density at radius 1 is 1.42 bits per heavy atom. The monoisotopic (exact) mass is 285 g/mol. The van der Waals surface area contributed by atoms with Crippen LogP contribution in [0.1, 0.15) is 6.92 Å². The predicted octanol–water partition coefficient (Wildman–Crippen LogP) is -0.308. The van der Waals surface area contributed by atoms with Crippen LogP contribution in [0.2, 0.25) is 0 Å². The van der Waals surface area contributed by atoms with Gasteiger partial charge in [-0.15, -0.1) is 0 Å². The first-order valence-corrected chi connectivity index (χ1v) is 7.52. The second-order valence-electron chi connectivity index (χ2n) is 4.75. The molecule has 1 atom stereocenters. The molecule has 1 unspecified atom stereocenters. The molecule has 8 heteroatoms. The second kappa shape index (κ2) is 5.41. The van der Waals surface area contributed by atoms with Crippen molar-refractivity contribution in [3.8, 4) is 0 Å². The molecule has 1 aromatic heterocycles. The van der Waals surface area contributed by atoms with Gasteiger partial charge in [0.05, 0.1) is 0 Å². The highest BCUT2D eigenvalue weighted by molar-refractivity contribution is 7.89. The third-order valence-electron chi connectivity index (χ3n) is 3.26. The van der Waals surface area contributed by atoms with Gasteiger partial charge in [0, 0.05) is 31.9 Å². The van der Waals surface area contributed by atoms with Crippen molar-refractivity contribution in [3.63, 3.8) is 0 Å². The summed E-state index contributed by atoms with van der Waals surface area (Å²) in [5.74, 6) is 5.65. The molecule has 1 saturated heterocycles. The summed E-state index contributed by atoms with van der Waals surface area (Å²) in [5.41, 5.74) is 2.37. The van der Waals surface area contributed by atoms with Gasteiger partial charge >= 0.3 is 0 Å². The highest BCUT2D eigenvalue weighted by Crippen LogP contribution is 2.20. The molecule has 0 spiro atoms. The Bertz CT molecular complexity index is 531. The van der Waals surface area contributed by atoms with Crippen molar-refractivity contribution in [2.45, 2.75) is 17.9 Å². The fourth-order valence-corrected chi connectivity index (χ4v) is 3.79. The van der Waals surface area contributed by atoms with E-state index < -0.39 is 10.0 Å². The van der Waals surface area contributed by atoms with E-state index >= 15 is 0 Å². The van der Waals surface area contributed by atoms with Gasteiger partial charge in [-0.2, -0.15) is 4.31 Å². The Morgan fingerprint density at radius 3 is 2.68 bits per heavy atom.